The molecule has 28 heteroatoms. The van der Waals surface area contributed by atoms with Crippen LogP contribution in [0, 0.1) is 22.7 Å². The summed E-state index contributed by atoms with van der Waals surface area (Å²) in [4.78, 5) is 98.4. The molecule has 0 amide bonds. The normalized spacial score (nSPS) is 15.3. The first-order valence-electron chi connectivity index (χ1n) is 40.2. The second kappa shape index (κ2) is 41.8. The van der Waals surface area contributed by atoms with Gasteiger partial charge in [-0.15, -0.1) is 0 Å². The van der Waals surface area contributed by atoms with E-state index in [0.29, 0.717) is 181 Å². The second-order valence-electron chi connectivity index (χ2n) is 32.6. The highest BCUT2D eigenvalue weighted by Gasteiger charge is 2.37. The van der Waals surface area contributed by atoms with Crippen LogP contribution in [0.3, 0.4) is 0 Å². The number of nitrogens with zero attached hydrogens (tertiary/aromatic N) is 4. The second-order valence-corrected chi connectivity index (χ2v) is 33.4. The van der Waals surface area contributed by atoms with Crippen LogP contribution in [-0.2, 0) is 18.9 Å². The third-order valence-electron chi connectivity index (χ3n) is 21.1. The fourth-order valence-corrected chi connectivity index (χ4v) is 14.7. The first-order chi connectivity index (χ1) is 57.0. The van der Waals surface area contributed by atoms with E-state index < -0.39 is 0 Å². The van der Waals surface area contributed by atoms with E-state index in [1.54, 1.807) is 104 Å². The number of hydrogen-bond acceptors (Lipinski definition) is 22. The van der Waals surface area contributed by atoms with Gasteiger partial charge in [-0.3, -0.25) is 38.4 Å². The summed E-state index contributed by atoms with van der Waals surface area (Å²) in [5, 5.41) is 0.862. The molecule has 648 valence electrons. The molecule has 4 atom stereocenters. The highest BCUT2D eigenvalue weighted by Crippen LogP contribution is 2.49. The molecule has 0 radical (unpaired) electrons. The highest BCUT2D eigenvalue weighted by molar-refractivity contribution is 6.33. The lowest BCUT2D eigenvalue weighted by Gasteiger charge is -2.32. The van der Waals surface area contributed by atoms with Gasteiger partial charge >= 0.3 is 0 Å². The number of methoxy groups -OCH3 is 6. The van der Waals surface area contributed by atoms with Crippen molar-refractivity contribution in [3.8, 4) is 103 Å². The molecule has 12 rings (SSSR count). The summed E-state index contributed by atoms with van der Waals surface area (Å²) in [5.74, 6) is 5.15. The molecular formula is C92H114Cl2N4O22. The predicted octanol–water partition coefficient (Wildman–Crippen LogP) is 17.0. The van der Waals surface area contributed by atoms with Crippen molar-refractivity contribution < 1.29 is 85.5 Å². The largest absolute Gasteiger partial charge is 0.493 e. The van der Waals surface area contributed by atoms with Crippen molar-refractivity contribution in [3.05, 3.63) is 171 Å². The summed E-state index contributed by atoms with van der Waals surface area (Å²) < 4.78 is 87.2. The van der Waals surface area contributed by atoms with Crippen LogP contribution in [0.15, 0.2) is 117 Å². The van der Waals surface area contributed by atoms with Crippen LogP contribution >= 0.6 is 23.2 Å². The van der Waals surface area contributed by atoms with Gasteiger partial charge in [0.1, 0.15) is 60.9 Å². The van der Waals surface area contributed by atoms with Gasteiger partial charge in [0, 0.05) is 176 Å². The average Bonchev–Trinajstić information content (AvgIpc) is 1.55. The third-order valence-corrected chi connectivity index (χ3v) is 21.7. The molecule has 0 saturated carbocycles. The van der Waals surface area contributed by atoms with E-state index in [0.717, 1.165) is 36.8 Å². The van der Waals surface area contributed by atoms with Crippen LogP contribution < -0.4 is 69.1 Å². The van der Waals surface area contributed by atoms with Crippen molar-refractivity contribution in [2.45, 2.75) is 147 Å². The summed E-state index contributed by atoms with van der Waals surface area (Å²) in [6.07, 6.45) is 9.59. The molecule has 4 unspecified atom stereocenters. The number of hydrogen-bond donors (Lipinski definition) is 0. The molecule has 0 N–H and O–H groups in total. The molecule has 0 saturated heterocycles. The Morgan fingerprint density at radius 2 is 0.608 bits per heavy atom. The van der Waals surface area contributed by atoms with Crippen molar-refractivity contribution in [3.63, 3.8) is 0 Å². The number of carbonyl (C=O) groups excluding carboxylic acids is 4. The Labute approximate surface area is 711 Å². The highest BCUT2D eigenvalue weighted by atomic mass is 35.5. The van der Waals surface area contributed by atoms with Crippen molar-refractivity contribution >= 4 is 46.3 Å². The number of ketones is 4. The fourth-order valence-electron chi connectivity index (χ4n) is 14.3. The maximum absolute atomic E-state index is 12.7. The molecule has 0 fully saturated rings. The van der Waals surface area contributed by atoms with Crippen molar-refractivity contribution in [2.24, 2.45) is 22.7 Å². The van der Waals surface area contributed by atoms with E-state index in [1.165, 1.54) is 52.0 Å². The fraction of sp³-hybridized carbons (Fsp3) is 0.478. The van der Waals surface area contributed by atoms with E-state index in [-0.39, 0.29) is 114 Å². The van der Waals surface area contributed by atoms with Gasteiger partial charge < -0.3 is 84.6 Å². The minimum absolute atomic E-state index is 0.0387. The number of carbonyl (C=O) groups is 4. The number of fused-ring (bicyclic) bond motifs is 12. The van der Waals surface area contributed by atoms with Gasteiger partial charge in [-0.2, -0.15) is 0 Å². The topological polar surface area (TPSA) is 285 Å². The van der Waals surface area contributed by atoms with E-state index in [4.69, 9.17) is 89.5 Å². The lowest BCUT2D eigenvalue weighted by Crippen LogP contribution is -2.31. The maximum atomic E-state index is 12.7. The molecule has 4 aromatic carbocycles. The summed E-state index contributed by atoms with van der Waals surface area (Å²) in [7, 11) is 9.74. The van der Waals surface area contributed by atoms with Crippen molar-refractivity contribution in [2.75, 3.05) is 122 Å². The predicted molar refractivity (Wildman–Crippen MR) is 462 cm³/mol. The molecular weight excluding hydrogens is 1580 g/mol. The Bertz CT molecular complexity index is 5260. The quantitative estimate of drug-likeness (QED) is 0.0325. The van der Waals surface area contributed by atoms with E-state index in [9.17, 15) is 38.4 Å². The minimum atomic E-state index is -0.315. The Kier molecular flexibility index (Phi) is 32.7. The van der Waals surface area contributed by atoms with Crippen molar-refractivity contribution in [1.29, 1.82) is 0 Å². The summed E-state index contributed by atoms with van der Waals surface area (Å²) in [5.41, 5.74) is 4.69. The summed E-state index contributed by atoms with van der Waals surface area (Å²) in [6, 6.07) is 20.1. The monoisotopic (exact) mass is 1700 g/mol. The maximum Gasteiger partial charge on any atom is 0.192 e. The third kappa shape index (κ3) is 22.5. The Balaban J connectivity index is 0.000000182. The molecule has 120 heavy (non-hydrogen) atoms. The van der Waals surface area contributed by atoms with Gasteiger partial charge in [-0.1, -0.05) is 92.4 Å². The molecule has 4 aliphatic heterocycles. The molecule has 0 bridgehead atoms. The zero-order valence-corrected chi connectivity index (χ0v) is 74.1. The summed E-state index contributed by atoms with van der Waals surface area (Å²) >= 11 is 12.9. The smallest absolute Gasteiger partial charge is 0.192 e. The SMILES string of the molecule is COCCCOc1cc2c(cc1Cl)-c1cc(=O)c(C(C)=O)cn1C(C(C)(C)C)CO2.COCCCOc1cc2c(cc1Cl)-c1cc(=O)c(C(C)=O)cn1C(C(C)C)CO2.COCCCOc1cc2c(cc1OC)-c1cc(=O)c(C(C)=O)cn1C(C(C)(C)C)CO2.COCCCOc1cc2c(cc1OC)-c1cc(=O)c(C(C)=O)cn1C(C(C)C)CO2. The molecule has 0 spiro atoms. The van der Waals surface area contributed by atoms with E-state index >= 15 is 0 Å². The lowest BCUT2D eigenvalue weighted by atomic mass is 9.86. The average molecular weight is 1700 g/mol. The van der Waals surface area contributed by atoms with Crippen LogP contribution in [0.25, 0.3) is 45.0 Å². The number of ether oxygens (including phenoxy) is 14. The van der Waals surface area contributed by atoms with Crippen LogP contribution in [0.5, 0.6) is 57.5 Å². The van der Waals surface area contributed by atoms with Crippen LogP contribution in [0.1, 0.15) is 188 Å². The number of aromatic nitrogens is 4. The lowest BCUT2D eigenvalue weighted by molar-refractivity contribution is 0.100. The number of Topliss-reactive ketones (excluding diaryl/α,β-unsaturated/α-hetero) is 4. The Morgan fingerprint density at radius 1 is 0.358 bits per heavy atom. The first kappa shape index (κ1) is 93.6. The van der Waals surface area contributed by atoms with Crippen molar-refractivity contribution in [1.82, 2.24) is 18.3 Å². The zero-order chi connectivity index (χ0) is 87.8. The van der Waals surface area contributed by atoms with Crippen LogP contribution in [0.4, 0.5) is 0 Å². The molecule has 8 heterocycles. The summed E-state index contributed by atoms with van der Waals surface area (Å²) in [6.45, 7) is 32.5. The Hall–Kier alpha value is -10.2. The molecule has 4 aliphatic rings. The number of pyridine rings is 4. The van der Waals surface area contributed by atoms with E-state index in [2.05, 4.69) is 69.2 Å². The first-order valence-corrected chi connectivity index (χ1v) is 41.0. The number of rotatable bonds is 28. The Morgan fingerprint density at radius 3 is 0.867 bits per heavy atom. The number of benzene rings is 4. The van der Waals surface area contributed by atoms with Crippen LogP contribution in [0.2, 0.25) is 10.0 Å². The van der Waals surface area contributed by atoms with Gasteiger partial charge in [0.15, 0.2) is 67.8 Å². The van der Waals surface area contributed by atoms with Crippen LogP contribution in [-0.4, -0.2) is 163 Å². The van der Waals surface area contributed by atoms with Gasteiger partial charge in [0.2, 0.25) is 0 Å². The molecule has 8 aromatic rings. The molecule has 0 aliphatic carbocycles. The molecule has 4 aromatic heterocycles. The minimum Gasteiger partial charge on any atom is -0.493 e. The van der Waals surface area contributed by atoms with Gasteiger partial charge in [0.05, 0.1) is 120 Å². The molecule has 26 nitrogen and oxygen atoms in total. The zero-order valence-electron chi connectivity index (χ0n) is 72.5. The van der Waals surface area contributed by atoms with Gasteiger partial charge in [-0.25, -0.2) is 0 Å². The van der Waals surface area contributed by atoms with Gasteiger partial charge in [-0.05, 0) is 74.6 Å². The number of halogens is 2. The van der Waals surface area contributed by atoms with Gasteiger partial charge in [0.25, 0.3) is 0 Å². The van der Waals surface area contributed by atoms with E-state index in [1.807, 2.05) is 30.4 Å². The standard InChI is InChI=1S/C24H31NO6.C23H28ClNO5.C23H29NO6.C22H26ClNO5/c1-15(26)17-13-25-18(11-19(17)27)16-10-21(29-6)22(30-9-7-8-28-5)12-20(16)31-14-23(25)24(2,3)4;1-14(26)16-12-25-18(10-19(16)27)15-9-17(24)21(29-8-6-7-28-5)11-20(15)30-13-22(25)23(2,3)4;1-14(2)19-13-30-21-11-23(29-8-6-7-27-4)22(28-5)9-16(21)18-10-20(26)17(15(3)25)12-24(18)19;1-13(2)19-12-29-21-10-22(28-7-5-6-27-4)17(23)8-15(21)18-9-20(26)16(14(3)25)11-24(18)19/h10-13,23H,7-9,14H2,1-6H3;9-12,22H,6-8,13H2,1-5H3;9-12,14,19H,6-8,13H2,1-5H3;8-11,13,19H,5-7,12H2,1-4H3.